The Morgan fingerprint density at radius 1 is 1.33 bits per heavy atom. The van der Waals surface area contributed by atoms with E-state index in [1.165, 1.54) is 0 Å². The number of hydrogen-bond acceptors (Lipinski definition) is 3. The Balaban J connectivity index is 2.75. The molecule has 0 unspecified atom stereocenters. The smallest absolute Gasteiger partial charge is 0.0361 e. The molecule has 0 saturated carbocycles. The van der Waals surface area contributed by atoms with Crippen LogP contribution in [0.2, 0.25) is 0 Å². The normalized spacial score (nSPS) is 10.1. The first-order valence-corrected chi connectivity index (χ1v) is 4.08. The summed E-state index contributed by atoms with van der Waals surface area (Å²) >= 11 is 0. The monoisotopic (exact) mass is 165 g/mol. The molecule has 0 aromatic heterocycles. The van der Waals surface area contributed by atoms with Crippen molar-refractivity contribution in [3.05, 3.63) is 23.8 Å². The molecule has 1 aromatic rings. The van der Waals surface area contributed by atoms with E-state index in [0.717, 1.165) is 30.0 Å². The van der Waals surface area contributed by atoms with Crippen molar-refractivity contribution in [3.63, 3.8) is 0 Å². The highest BCUT2D eigenvalue weighted by Gasteiger charge is 1.97. The zero-order chi connectivity index (χ0) is 8.97. The molecular weight excluding hydrogens is 150 g/mol. The first-order chi connectivity index (χ1) is 5.74. The lowest BCUT2D eigenvalue weighted by Crippen LogP contribution is -2.13. The van der Waals surface area contributed by atoms with E-state index in [4.69, 9.17) is 11.5 Å². The zero-order valence-electron chi connectivity index (χ0n) is 7.30. The molecule has 0 spiro atoms. The minimum Gasteiger partial charge on any atom is -0.399 e. The summed E-state index contributed by atoms with van der Waals surface area (Å²) in [6.07, 6.45) is 0. The highest BCUT2D eigenvalue weighted by molar-refractivity contribution is 5.55. The number of hydrogen-bond donors (Lipinski definition) is 3. The van der Waals surface area contributed by atoms with Gasteiger partial charge in [-0.3, -0.25) is 0 Å². The number of rotatable bonds is 3. The Kier molecular flexibility index (Phi) is 2.94. The largest absolute Gasteiger partial charge is 0.399 e. The van der Waals surface area contributed by atoms with Crippen molar-refractivity contribution in [1.82, 2.24) is 5.32 Å². The number of nitrogen functional groups attached to an aromatic ring is 2. The summed E-state index contributed by atoms with van der Waals surface area (Å²) in [5.74, 6) is 0. The van der Waals surface area contributed by atoms with Gasteiger partial charge in [-0.15, -0.1) is 0 Å². The molecule has 3 heteroatoms. The number of nitrogens with one attached hydrogen (secondary N) is 1. The van der Waals surface area contributed by atoms with E-state index in [0.29, 0.717) is 0 Å². The van der Waals surface area contributed by atoms with Crippen LogP contribution in [0.25, 0.3) is 0 Å². The molecule has 0 heterocycles. The van der Waals surface area contributed by atoms with Crippen molar-refractivity contribution >= 4 is 11.4 Å². The van der Waals surface area contributed by atoms with E-state index in [2.05, 4.69) is 12.2 Å². The second-order valence-electron chi connectivity index (χ2n) is 2.74. The third-order valence-corrected chi connectivity index (χ3v) is 1.73. The first kappa shape index (κ1) is 8.87. The first-order valence-electron chi connectivity index (χ1n) is 4.08. The van der Waals surface area contributed by atoms with Crippen LogP contribution in [0.1, 0.15) is 12.5 Å². The van der Waals surface area contributed by atoms with Gasteiger partial charge in [0.2, 0.25) is 0 Å². The van der Waals surface area contributed by atoms with Crippen molar-refractivity contribution in [2.75, 3.05) is 18.0 Å². The summed E-state index contributed by atoms with van der Waals surface area (Å²) in [4.78, 5) is 0. The van der Waals surface area contributed by atoms with Gasteiger partial charge in [-0.25, -0.2) is 0 Å². The van der Waals surface area contributed by atoms with E-state index in [1.807, 2.05) is 18.2 Å². The summed E-state index contributed by atoms with van der Waals surface area (Å²) in [5.41, 5.74) is 14.0. The summed E-state index contributed by atoms with van der Waals surface area (Å²) in [6, 6.07) is 5.55. The number of anilines is 2. The fraction of sp³-hybridized carbons (Fsp3) is 0.333. The third kappa shape index (κ3) is 2.13. The standard InChI is InChI=1S/C9H15N3/c1-2-12-6-7-5-8(10)3-4-9(7)11/h3-5,12H,2,6,10-11H2,1H3. The van der Waals surface area contributed by atoms with Crippen LogP contribution in [0.3, 0.4) is 0 Å². The molecule has 12 heavy (non-hydrogen) atoms. The summed E-state index contributed by atoms with van der Waals surface area (Å²) in [5, 5.41) is 3.20. The van der Waals surface area contributed by atoms with Gasteiger partial charge in [0.15, 0.2) is 0 Å². The van der Waals surface area contributed by atoms with Crippen LogP contribution in [0.15, 0.2) is 18.2 Å². The predicted octanol–water partition coefficient (Wildman–Crippen LogP) is 0.961. The van der Waals surface area contributed by atoms with Crippen LogP contribution in [-0.4, -0.2) is 6.54 Å². The molecule has 0 atom stereocenters. The lowest BCUT2D eigenvalue weighted by molar-refractivity contribution is 0.728. The minimum atomic E-state index is 0.761. The van der Waals surface area contributed by atoms with E-state index in [1.54, 1.807) is 0 Å². The minimum absolute atomic E-state index is 0.761. The molecule has 0 radical (unpaired) electrons. The van der Waals surface area contributed by atoms with Gasteiger partial charge in [-0.1, -0.05) is 6.92 Å². The third-order valence-electron chi connectivity index (χ3n) is 1.73. The maximum Gasteiger partial charge on any atom is 0.0361 e. The molecule has 66 valence electrons. The number of benzene rings is 1. The topological polar surface area (TPSA) is 64.1 Å². The van der Waals surface area contributed by atoms with Crippen molar-refractivity contribution in [1.29, 1.82) is 0 Å². The predicted molar refractivity (Wildman–Crippen MR) is 52.6 cm³/mol. The Morgan fingerprint density at radius 2 is 2.08 bits per heavy atom. The van der Waals surface area contributed by atoms with Gasteiger partial charge in [-0.2, -0.15) is 0 Å². The second kappa shape index (κ2) is 3.97. The van der Waals surface area contributed by atoms with Gasteiger partial charge in [0, 0.05) is 17.9 Å². The Bertz CT molecular complexity index is 258. The lowest BCUT2D eigenvalue weighted by atomic mass is 10.1. The molecule has 0 aliphatic carbocycles. The van der Waals surface area contributed by atoms with Crippen molar-refractivity contribution in [2.45, 2.75) is 13.5 Å². The van der Waals surface area contributed by atoms with Crippen LogP contribution in [-0.2, 0) is 6.54 Å². The zero-order valence-corrected chi connectivity index (χ0v) is 7.30. The second-order valence-corrected chi connectivity index (χ2v) is 2.74. The molecule has 1 rings (SSSR count). The molecule has 0 bridgehead atoms. The van der Waals surface area contributed by atoms with Crippen LogP contribution >= 0.6 is 0 Å². The number of nitrogens with two attached hydrogens (primary N) is 2. The molecule has 0 aliphatic rings. The highest BCUT2D eigenvalue weighted by atomic mass is 14.8. The summed E-state index contributed by atoms with van der Waals surface area (Å²) in [6.45, 7) is 3.78. The van der Waals surface area contributed by atoms with Crippen molar-refractivity contribution in [2.24, 2.45) is 0 Å². The average molecular weight is 165 g/mol. The van der Waals surface area contributed by atoms with E-state index < -0.39 is 0 Å². The fourth-order valence-corrected chi connectivity index (χ4v) is 1.04. The van der Waals surface area contributed by atoms with Gasteiger partial charge in [0.1, 0.15) is 0 Å². The van der Waals surface area contributed by atoms with Crippen LogP contribution in [0.5, 0.6) is 0 Å². The fourth-order valence-electron chi connectivity index (χ4n) is 1.04. The lowest BCUT2D eigenvalue weighted by Gasteiger charge is -2.06. The molecule has 5 N–H and O–H groups in total. The van der Waals surface area contributed by atoms with Gasteiger partial charge >= 0.3 is 0 Å². The van der Waals surface area contributed by atoms with E-state index >= 15 is 0 Å². The average Bonchev–Trinajstić information content (AvgIpc) is 2.07. The van der Waals surface area contributed by atoms with Gasteiger partial charge in [-0.05, 0) is 30.3 Å². The van der Waals surface area contributed by atoms with Crippen LogP contribution < -0.4 is 16.8 Å². The maximum absolute atomic E-state index is 5.73. The maximum atomic E-state index is 5.73. The molecule has 3 nitrogen and oxygen atoms in total. The van der Waals surface area contributed by atoms with Gasteiger partial charge < -0.3 is 16.8 Å². The Morgan fingerprint density at radius 3 is 2.75 bits per heavy atom. The molecule has 0 amide bonds. The van der Waals surface area contributed by atoms with E-state index in [-0.39, 0.29) is 0 Å². The van der Waals surface area contributed by atoms with Crippen molar-refractivity contribution < 1.29 is 0 Å². The summed E-state index contributed by atoms with van der Waals surface area (Å²) in [7, 11) is 0. The Labute approximate surface area is 72.8 Å². The Hall–Kier alpha value is -1.22. The van der Waals surface area contributed by atoms with Crippen LogP contribution in [0.4, 0.5) is 11.4 Å². The molecule has 0 aliphatic heterocycles. The molecule has 0 saturated heterocycles. The molecule has 0 fully saturated rings. The van der Waals surface area contributed by atoms with E-state index in [9.17, 15) is 0 Å². The molecule has 1 aromatic carbocycles. The quantitative estimate of drug-likeness (QED) is 0.584. The van der Waals surface area contributed by atoms with Crippen LogP contribution in [0, 0.1) is 0 Å². The van der Waals surface area contributed by atoms with Crippen molar-refractivity contribution in [3.8, 4) is 0 Å². The molecular formula is C9H15N3. The SMILES string of the molecule is CCNCc1cc(N)ccc1N. The highest BCUT2D eigenvalue weighted by Crippen LogP contribution is 2.14. The summed E-state index contributed by atoms with van der Waals surface area (Å²) < 4.78 is 0. The van der Waals surface area contributed by atoms with Gasteiger partial charge in [0.25, 0.3) is 0 Å². The van der Waals surface area contributed by atoms with Gasteiger partial charge in [0.05, 0.1) is 0 Å².